The lowest BCUT2D eigenvalue weighted by Gasteiger charge is -2.28. The number of H-pyrrole nitrogens is 1. The van der Waals surface area contributed by atoms with Crippen molar-refractivity contribution in [1.29, 1.82) is 5.26 Å². The van der Waals surface area contributed by atoms with Gasteiger partial charge in [-0.3, -0.25) is 0 Å². The number of aryl methyl sites for hydroxylation is 2. The Morgan fingerprint density at radius 3 is 2.60 bits per heavy atom. The van der Waals surface area contributed by atoms with Gasteiger partial charge in [0.2, 0.25) is 0 Å². The van der Waals surface area contributed by atoms with E-state index in [1.165, 1.54) is 5.56 Å². The van der Waals surface area contributed by atoms with Gasteiger partial charge in [-0.05, 0) is 37.1 Å². The number of nitrogens with one attached hydrogen (secondary N) is 2. The Morgan fingerprint density at radius 2 is 1.92 bits per heavy atom. The number of aromatic nitrogens is 1. The number of quaternary nitrogens is 1. The Bertz CT molecular complexity index is 782. The fourth-order valence-electron chi connectivity index (χ4n) is 3.42. The van der Waals surface area contributed by atoms with Crippen molar-refractivity contribution >= 4 is 11.9 Å². The summed E-state index contributed by atoms with van der Waals surface area (Å²) in [6.07, 6.45) is 4.47. The van der Waals surface area contributed by atoms with Crippen molar-refractivity contribution in [3.8, 4) is 6.07 Å². The number of aromatic amines is 1. The van der Waals surface area contributed by atoms with Gasteiger partial charge in [-0.2, -0.15) is 5.26 Å². The molecule has 0 amide bonds. The molecule has 0 spiro atoms. The molecule has 0 saturated carbocycles. The van der Waals surface area contributed by atoms with E-state index in [0.29, 0.717) is 0 Å². The van der Waals surface area contributed by atoms with E-state index in [1.807, 2.05) is 26.0 Å². The third-order valence-electron chi connectivity index (χ3n) is 4.79. The van der Waals surface area contributed by atoms with E-state index >= 15 is 0 Å². The predicted octanol–water partition coefficient (Wildman–Crippen LogP) is 1.41. The second kappa shape index (κ2) is 7.96. The largest absolute Gasteiger partial charge is 0.325 e. The van der Waals surface area contributed by atoms with Crippen molar-refractivity contribution < 1.29 is 9.88 Å². The minimum absolute atomic E-state index is 0.776. The van der Waals surface area contributed by atoms with Crippen LogP contribution in [0.3, 0.4) is 0 Å². The molecular formula is C21H26N4+2. The van der Waals surface area contributed by atoms with Crippen LogP contribution in [-0.2, 0) is 0 Å². The monoisotopic (exact) mass is 334 g/mol. The van der Waals surface area contributed by atoms with Gasteiger partial charge in [0.05, 0.1) is 12.2 Å². The van der Waals surface area contributed by atoms with Crippen LogP contribution in [0.1, 0.15) is 22.4 Å². The Morgan fingerprint density at radius 1 is 1.20 bits per heavy atom. The predicted molar refractivity (Wildman–Crippen MR) is 100 cm³/mol. The van der Waals surface area contributed by atoms with E-state index in [4.69, 9.17) is 0 Å². The van der Waals surface area contributed by atoms with E-state index in [1.54, 1.807) is 4.90 Å². The van der Waals surface area contributed by atoms with Crippen LogP contribution in [0.2, 0.25) is 0 Å². The number of hydrogen-bond donors (Lipinski definition) is 1. The lowest BCUT2D eigenvalue weighted by Crippen LogP contribution is -3.14. The summed E-state index contributed by atoms with van der Waals surface area (Å²) in [5.41, 5.74) is 4.18. The normalized spacial score (nSPS) is 15.5. The standard InChI is InChI=1S/C21H24N4/c1-17-15-18(2)23-21(20(17)16-22)25-13-11-24(12-14-25)10-6-9-19-7-4-3-5-8-19/h3-9,15H,10-14H2,1-2H3/p+2/b9-6+. The Hall–Kier alpha value is -2.64. The molecule has 2 N–H and O–H groups in total. The van der Waals surface area contributed by atoms with Crippen LogP contribution in [0.15, 0.2) is 42.5 Å². The third kappa shape index (κ3) is 4.26. The maximum absolute atomic E-state index is 9.49. The van der Waals surface area contributed by atoms with Crippen LogP contribution in [0.4, 0.5) is 5.82 Å². The third-order valence-corrected chi connectivity index (χ3v) is 4.79. The van der Waals surface area contributed by atoms with Crippen molar-refractivity contribution in [3.05, 3.63) is 64.9 Å². The second-order valence-electron chi connectivity index (χ2n) is 6.72. The number of nitriles is 1. The highest BCUT2D eigenvalue weighted by Gasteiger charge is 2.28. The molecule has 1 saturated heterocycles. The number of hydrogen-bond acceptors (Lipinski definition) is 2. The molecule has 1 aliphatic rings. The first-order valence-corrected chi connectivity index (χ1v) is 8.91. The molecule has 4 heteroatoms. The summed E-state index contributed by atoms with van der Waals surface area (Å²) >= 11 is 0. The maximum Gasteiger partial charge on any atom is 0.293 e. The fourth-order valence-corrected chi connectivity index (χ4v) is 3.42. The summed E-state index contributed by atoms with van der Waals surface area (Å²) in [5.74, 6) is 0.985. The van der Waals surface area contributed by atoms with E-state index < -0.39 is 0 Å². The summed E-state index contributed by atoms with van der Waals surface area (Å²) in [5, 5.41) is 9.49. The summed E-state index contributed by atoms with van der Waals surface area (Å²) in [6.45, 7) is 9.23. The van der Waals surface area contributed by atoms with E-state index in [2.05, 4.69) is 52.4 Å². The summed E-state index contributed by atoms with van der Waals surface area (Å²) in [4.78, 5) is 7.31. The zero-order valence-corrected chi connectivity index (χ0v) is 15.0. The van der Waals surface area contributed by atoms with Gasteiger partial charge in [0, 0.05) is 0 Å². The molecule has 2 aromatic rings. The fraction of sp³-hybridized carbons (Fsp3) is 0.333. The molecule has 0 atom stereocenters. The van der Waals surface area contributed by atoms with Gasteiger partial charge in [-0.1, -0.05) is 36.4 Å². The zero-order chi connectivity index (χ0) is 17.6. The lowest BCUT2D eigenvalue weighted by molar-refractivity contribution is -0.894. The first kappa shape index (κ1) is 17.2. The van der Waals surface area contributed by atoms with Crippen LogP contribution in [-0.4, -0.2) is 32.7 Å². The molecule has 0 unspecified atom stereocenters. The smallest absolute Gasteiger partial charge is 0.293 e. The quantitative estimate of drug-likeness (QED) is 0.919. The first-order valence-electron chi connectivity index (χ1n) is 8.91. The van der Waals surface area contributed by atoms with Crippen LogP contribution in [0, 0.1) is 25.2 Å². The number of nitrogens with zero attached hydrogens (tertiary/aromatic N) is 2. The molecule has 128 valence electrons. The first-order chi connectivity index (χ1) is 12.2. The number of pyridine rings is 1. The van der Waals surface area contributed by atoms with Crippen molar-refractivity contribution in [2.75, 3.05) is 37.6 Å². The van der Waals surface area contributed by atoms with Crippen molar-refractivity contribution in [1.82, 2.24) is 0 Å². The molecule has 1 aromatic carbocycles. The summed E-state index contributed by atoms with van der Waals surface area (Å²) in [6, 6.07) is 14.8. The number of benzene rings is 1. The molecule has 1 aromatic heterocycles. The lowest BCUT2D eigenvalue weighted by atomic mass is 10.1. The molecule has 4 nitrogen and oxygen atoms in total. The maximum atomic E-state index is 9.49. The summed E-state index contributed by atoms with van der Waals surface area (Å²) in [7, 11) is 0. The molecule has 3 rings (SSSR count). The van der Waals surface area contributed by atoms with Crippen molar-refractivity contribution in [2.24, 2.45) is 0 Å². The van der Waals surface area contributed by atoms with Gasteiger partial charge in [-0.25, -0.2) is 9.88 Å². The molecule has 0 aliphatic carbocycles. The van der Waals surface area contributed by atoms with Crippen LogP contribution in [0.25, 0.3) is 6.08 Å². The molecule has 1 aliphatic heterocycles. The van der Waals surface area contributed by atoms with E-state index in [0.717, 1.165) is 55.4 Å². The molecule has 2 heterocycles. The highest BCUT2D eigenvalue weighted by atomic mass is 15.3. The average molecular weight is 334 g/mol. The molecule has 0 radical (unpaired) electrons. The zero-order valence-electron chi connectivity index (χ0n) is 15.0. The number of rotatable bonds is 4. The highest BCUT2D eigenvalue weighted by Crippen LogP contribution is 2.18. The van der Waals surface area contributed by atoms with Gasteiger partial charge < -0.3 is 4.90 Å². The van der Waals surface area contributed by atoms with E-state index in [-0.39, 0.29) is 0 Å². The molecule has 25 heavy (non-hydrogen) atoms. The van der Waals surface area contributed by atoms with E-state index in [9.17, 15) is 5.26 Å². The minimum Gasteiger partial charge on any atom is -0.325 e. The van der Waals surface area contributed by atoms with Gasteiger partial charge in [0.15, 0.2) is 0 Å². The van der Waals surface area contributed by atoms with Crippen LogP contribution < -0.4 is 14.8 Å². The van der Waals surface area contributed by atoms with Gasteiger partial charge >= 0.3 is 0 Å². The minimum atomic E-state index is 0.776. The molecular weight excluding hydrogens is 308 g/mol. The Kier molecular flexibility index (Phi) is 5.47. The second-order valence-corrected chi connectivity index (χ2v) is 6.72. The average Bonchev–Trinajstić information content (AvgIpc) is 2.63. The SMILES string of the molecule is Cc1cc(C)c(C#N)c(N2CC[NH+](C/C=C/c3ccccc3)CC2)[nH+]1. The topological polar surface area (TPSA) is 45.6 Å². The number of anilines is 1. The Balaban J connectivity index is 1.59. The van der Waals surface area contributed by atoms with Gasteiger partial charge in [0.1, 0.15) is 37.8 Å². The number of piperazine rings is 1. The summed E-state index contributed by atoms with van der Waals surface area (Å²) < 4.78 is 0. The van der Waals surface area contributed by atoms with Crippen LogP contribution in [0.5, 0.6) is 0 Å². The van der Waals surface area contributed by atoms with Gasteiger partial charge in [0.25, 0.3) is 5.82 Å². The van der Waals surface area contributed by atoms with Gasteiger partial charge in [-0.15, -0.1) is 0 Å². The van der Waals surface area contributed by atoms with Crippen molar-refractivity contribution in [2.45, 2.75) is 13.8 Å². The molecule has 0 bridgehead atoms. The molecule has 1 fully saturated rings. The van der Waals surface area contributed by atoms with Crippen LogP contribution >= 0.6 is 0 Å². The van der Waals surface area contributed by atoms with Crippen molar-refractivity contribution in [3.63, 3.8) is 0 Å². The highest BCUT2D eigenvalue weighted by molar-refractivity contribution is 5.54. The Labute approximate surface area is 150 Å².